The number of aromatic nitrogens is 1. The third-order valence-corrected chi connectivity index (χ3v) is 8.60. The molecule has 170 valence electrons. The first-order chi connectivity index (χ1) is 15.9. The van der Waals surface area contributed by atoms with Crippen molar-refractivity contribution in [3.63, 3.8) is 0 Å². The highest BCUT2D eigenvalue weighted by Crippen LogP contribution is 2.35. The van der Waals surface area contributed by atoms with Crippen LogP contribution in [0.15, 0.2) is 46.3 Å². The zero-order valence-electron chi connectivity index (χ0n) is 17.9. The van der Waals surface area contributed by atoms with E-state index >= 15 is 0 Å². The van der Waals surface area contributed by atoms with E-state index in [4.69, 9.17) is 15.9 Å². The van der Waals surface area contributed by atoms with Crippen LogP contribution in [0.1, 0.15) is 23.2 Å². The molecule has 0 N–H and O–H groups in total. The van der Waals surface area contributed by atoms with Gasteiger partial charge in [0.1, 0.15) is 13.2 Å². The summed E-state index contributed by atoms with van der Waals surface area (Å²) in [6.07, 6.45) is 7.31. The first kappa shape index (κ1) is 21.7. The van der Waals surface area contributed by atoms with Crippen LogP contribution < -0.4 is 14.3 Å². The van der Waals surface area contributed by atoms with E-state index in [2.05, 4.69) is 10.9 Å². The lowest BCUT2D eigenvalue weighted by atomic mass is 10.2. The molecule has 1 aliphatic carbocycles. The van der Waals surface area contributed by atoms with Crippen molar-refractivity contribution in [1.82, 2.24) is 8.87 Å². The lowest BCUT2D eigenvalue weighted by Gasteiger charge is -2.18. The molecule has 3 aromatic rings. The van der Waals surface area contributed by atoms with Gasteiger partial charge >= 0.3 is 0 Å². The predicted octanol–water partition coefficient (Wildman–Crippen LogP) is 2.63. The van der Waals surface area contributed by atoms with Crippen molar-refractivity contribution in [2.45, 2.75) is 30.3 Å². The zero-order valence-corrected chi connectivity index (χ0v) is 19.5. The fourth-order valence-corrected chi connectivity index (χ4v) is 6.11. The van der Waals surface area contributed by atoms with Gasteiger partial charge in [-0.25, -0.2) is 8.42 Å². The standard InChI is InChI=1S/C23H21N3O5S2/c1-3-10-26-18-13-19-20(31-12-11-30-19)14-21(18)32-23(26)24-22(27)15-4-8-17(9-5-15)33(28,29)25(2)16-6-7-16/h1,4-5,8-9,13-14,16H,6-7,10-12H2,2H3. The summed E-state index contributed by atoms with van der Waals surface area (Å²) >= 11 is 1.32. The molecule has 8 nitrogen and oxygen atoms in total. The summed E-state index contributed by atoms with van der Waals surface area (Å²) in [6, 6.07) is 9.63. The SMILES string of the molecule is C#CCn1c(=NC(=O)c2ccc(S(=O)(=O)N(C)C3CC3)cc2)sc2cc3c(cc21)OCCO3. The van der Waals surface area contributed by atoms with E-state index in [0.29, 0.717) is 35.1 Å². The van der Waals surface area contributed by atoms with Gasteiger partial charge in [-0.1, -0.05) is 17.3 Å². The third-order valence-electron chi connectivity index (χ3n) is 5.63. The lowest BCUT2D eigenvalue weighted by Crippen LogP contribution is -2.28. The summed E-state index contributed by atoms with van der Waals surface area (Å²) < 4.78 is 40.7. The highest BCUT2D eigenvalue weighted by Gasteiger charge is 2.35. The number of nitrogens with zero attached hydrogens (tertiary/aromatic N) is 3. The molecule has 5 rings (SSSR count). The van der Waals surface area contributed by atoms with Crippen LogP contribution in [0.25, 0.3) is 10.2 Å². The Balaban J connectivity index is 1.49. The predicted molar refractivity (Wildman–Crippen MR) is 124 cm³/mol. The fourth-order valence-electron chi connectivity index (χ4n) is 3.66. The number of sulfonamides is 1. The minimum absolute atomic E-state index is 0.0623. The Hall–Kier alpha value is -3.13. The van der Waals surface area contributed by atoms with Crippen LogP contribution in [0.3, 0.4) is 0 Å². The number of amides is 1. The van der Waals surface area contributed by atoms with E-state index in [1.165, 1.54) is 39.9 Å². The monoisotopic (exact) mass is 483 g/mol. The van der Waals surface area contributed by atoms with Gasteiger partial charge in [-0.05, 0) is 37.1 Å². The van der Waals surface area contributed by atoms with Gasteiger partial charge in [0.2, 0.25) is 10.0 Å². The van der Waals surface area contributed by atoms with Crippen molar-refractivity contribution >= 4 is 37.5 Å². The molecule has 2 aromatic carbocycles. The van der Waals surface area contributed by atoms with Crippen molar-refractivity contribution in [2.75, 3.05) is 20.3 Å². The largest absolute Gasteiger partial charge is 0.486 e. The summed E-state index contributed by atoms with van der Waals surface area (Å²) in [6.45, 7) is 1.18. The Labute approximate surface area is 195 Å². The average Bonchev–Trinajstić information content (AvgIpc) is 3.62. The lowest BCUT2D eigenvalue weighted by molar-refractivity contribution is 0.0998. The van der Waals surface area contributed by atoms with Gasteiger partial charge < -0.3 is 14.0 Å². The number of fused-ring (bicyclic) bond motifs is 2. The van der Waals surface area contributed by atoms with Gasteiger partial charge in [-0.15, -0.1) is 6.42 Å². The van der Waals surface area contributed by atoms with Crippen molar-refractivity contribution in [2.24, 2.45) is 4.99 Å². The zero-order chi connectivity index (χ0) is 23.2. The molecule has 0 atom stereocenters. The maximum Gasteiger partial charge on any atom is 0.279 e. The van der Waals surface area contributed by atoms with Crippen LogP contribution in [-0.4, -0.2) is 49.5 Å². The molecule has 0 bridgehead atoms. The summed E-state index contributed by atoms with van der Waals surface area (Å²) in [7, 11) is -1.99. The summed E-state index contributed by atoms with van der Waals surface area (Å²) in [5.41, 5.74) is 1.09. The van der Waals surface area contributed by atoms with E-state index in [1.807, 2.05) is 12.1 Å². The van der Waals surface area contributed by atoms with Crippen LogP contribution in [0, 0.1) is 12.3 Å². The normalized spacial score (nSPS) is 16.2. The Morgan fingerprint density at radius 3 is 2.52 bits per heavy atom. The molecule has 0 saturated heterocycles. The molecular weight excluding hydrogens is 462 g/mol. The van der Waals surface area contributed by atoms with Gasteiger partial charge in [0.05, 0.1) is 21.7 Å². The van der Waals surface area contributed by atoms with Gasteiger partial charge in [-0.3, -0.25) is 4.79 Å². The third kappa shape index (κ3) is 4.04. The Morgan fingerprint density at radius 2 is 1.88 bits per heavy atom. The number of ether oxygens (including phenoxy) is 2. The van der Waals surface area contributed by atoms with Gasteiger partial charge in [0, 0.05) is 30.8 Å². The number of terminal acetylenes is 1. The molecule has 1 amide bonds. The van der Waals surface area contributed by atoms with Crippen molar-refractivity contribution < 1.29 is 22.7 Å². The van der Waals surface area contributed by atoms with Crippen molar-refractivity contribution in [1.29, 1.82) is 0 Å². The number of hydrogen-bond donors (Lipinski definition) is 0. The Kier molecular flexibility index (Phi) is 5.48. The van der Waals surface area contributed by atoms with Crippen molar-refractivity contribution in [3.05, 3.63) is 46.8 Å². The van der Waals surface area contributed by atoms with E-state index in [9.17, 15) is 13.2 Å². The molecule has 0 unspecified atom stereocenters. The number of carbonyl (C=O) groups excluding carboxylic acids is 1. The van der Waals surface area contributed by atoms with E-state index in [-0.39, 0.29) is 17.5 Å². The highest BCUT2D eigenvalue weighted by atomic mass is 32.2. The average molecular weight is 484 g/mol. The number of thiazole rings is 1. The molecule has 2 heterocycles. The minimum atomic E-state index is -3.57. The molecule has 2 aliphatic rings. The van der Waals surface area contributed by atoms with E-state index in [0.717, 1.165) is 23.1 Å². The number of rotatable bonds is 5. The molecule has 0 radical (unpaired) electrons. The number of carbonyl (C=O) groups is 1. The van der Waals surface area contributed by atoms with Crippen LogP contribution in [0.2, 0.25) is 0 Å². The highest BCUT2D eigenvalue weighted by molar-refractivity contribution is 7.89. The molecule has 1 saturated carbocycles. The first-order valence-electron chi connectivity index (χ1n) is 10.4. The molecule has 1 fully saturated rings. The maximum atomic E-state index is 12.9. The number of hydrogen-bond acceptors (Lipinski definition) is 6. The Bertz CT molecular complexity index is 1460. The van der Waals surface area contributed by atoms with E-state index < -0.39 is 15.9 Å². The topological polar surface area (TPSA) is 90.2 Å². The smallest absolute Gasteiger partial charge is 0.279 e. The van der Waals surface area contributed by atoms with Gasteiger partial charge in [0.15, 0.2) is 16.3 Å². The molecule has 1 aromatic heterocycles. The fraction of sp³-hybridized carbons (Fsp3) is 0.304. The second kappa shape index (κ2) is 8.33. The van der Waals surface area contributed by atoms with E-state index in [1.54, 1.807) is 11.6 Å². The van der Waals surface area contributed by atoms with Crippen LogP contribution in [-0.2, 0) is 16.6 Å². The number of benzene rings is 2. The molecule has 0 spiro atoms. The first-order valence-corrected chi connectivity index (χ1v) is 12.7. The second-order valence-electron chi connectivity index (χ2n) is 7.83. The summed E-state index contributed by atoms with van der Waals surface area (Å²) in [5.74, 6) is 3.39. The molecule has 10 heteroatoms. The summed E-state index contributed by atoms with van der Waals surface area (Å²) in [5, 5.41) is 0. The molecule has 1 aliphatic heterocycles. The summed E-state index contributed by atoms with van der Waals surface area (Å²) in [4.78, 5) is 17.8. The van der Waals surface area contributed by atoms with Crippen LogP contribution in [0.4, 0.5) is 0 Å². The maximum absolute atomic E-state index is 12.9. The Morgan fingerprint density at radius 1 is 1.21 bits per heavy atom. The molecule has 33 heavy (non-hydrogen) atoms. The molecular formula is C23H21N3O5S2. The van der Waals surface area contributed by atoms with Gasteiger partial charge in [0.25, 0.3) is 5.91 Å². The van der Waals surface area contributed by atoms with Crippen molar-refractivity contribution in [3.8, 4) is 23.8 Å². The quantitative estimate of drug-likeness (QED) is 0.521. The van der Waals surface area contributed by atoms with Crippen LogP contribution >= 0.6 is 11.3 Å². The minimum Gasteiger partial charge on any atom is -0.486 e. The van der Waals surface area contributed by atoms with Gasteiger partial charge in [-0.2, -0.15) is 9.30 Å². The van der Waals surface area contributed by atoms with Crippen LogP contribution in [0.5, 0.6) is 11.5 Å². The second-order valence-corrected chi connectivity index (χ2v) is 10.8.